The number of rotatable bonds is 9. The lowest BCUT2D eigenvalue weighted by Crippen LogP contribution is -2.56. The third-order valence-corrected chi connectivity index (χ3v) is 12.6. The number of halogens is 1. The average Bonchev–Trinajstić information content (AvgIpc) is 3.46. The minimum Gasteiger partial charge on any atom is -0.490 e. The van der Waals surface area contributed by atoms with Gasteiger partial charge in [-0.05, 0) is 67.6 Å². The number of nitriles is 1. The first kappa shape index (κ1) is 38.3. The summed E-state index contributed by atoms with van der Waals surface area (Å²) in [5.74, 6) is -0.100. The molecule has 0 radical (unpaired) electrons. The molecule has 5 heterocycles. The number of carbonyl (C=O) groups excluding carboxylic acids is 5. The monoisotopic (exact) mass is 793 g/mol. The van der Waals surface area contributed by atoms with Gasteiger partial charge in [-0.2, -0.15) is 5.26 Å². The van der Waals surface area contributed by atoms with E-state index in [0.29, 0.717) is 33.6 Å². The molecule has 16 heteroatoms. The van der Waals surface area contributed by atoms with Crippen LogP contribution in [-0.2, 0) is 14.4 Å². The lowest BCUT2D eigenvalue weighted by molar-refractivity contribution is -0.139. The minimum absolute atomic E-state index is 0.0295. The molecular weight excluding hydrogens is 750 g/mol. The molecule has 2 N–H and O–H groups in total. The van der Waals surface area contributed by atoms with Gasteiger partial charge in [0.25, 0.3) is 11.8 Å². The number of fused-ring (bicyclic) bond motifs is 1. The number of piperazine rings is 1. The van der Waals surface area contributed by atoms with Crippen molar-refractivity contribution >= 4 is 58.5 Å². The number of amides is 5. The molecule has 0 bridgehead atoms. The Kier molecular flexibility index (Phi) is 10.6. The van der Waals surface area contributed by atoms with Gasteiger partial charge in [-0.1, -0.05) is 25.4 Å². The van der Waals surface area contributed by atoms with Crippen molar-refractivity contribution in [2.45, 2.75) is 51.7 Å². The highest BCUT2D eigenvalue weighted by Gasteiger charge is 2.51. The Morgan fingerprint density at radius 3 is 2.30 bits per heavy atom. The summed E-state index contributed by atoms with van der Waals surface area (Å²) in [5, 5.41) is 23.4. The van der Waals surface area contributed by atoms with Crippen molar-refractivity contribution in [3.05, 3.63) is 70.2 Å². The summed E-state index contributed by atoms with van der Waals surface area (Å²) in [6.07, 6.45) is 2.11. The highest BCUT2D eigenvalue weighted by molar-refractivity contribution is 6.31. The van der Waals surface area contributed by atoms with Crippen molar-refractivity contribution in [2.24, 2.45) is 23.7 Å². The third-order valence-electron chi connectivity index (χ3n) is 12.3. The van der Waals surface area contributed by atoms with Crippen molar-refractivity contribution in [3.8, 4) is 11.8 Å². The second-order valence-corrected chi connectivity index (χ2v) is 16.1. The zero-order valence-electron chi connectivity index (χ0n) is 31.8. The van der Waals surface area contributed by atoms with Crippen molar-refractivity contribution in [1.82, 2.24) is 25.3 Å². The molecule has 57 heavy (non-hydrogen) atoms. The van der Waals surface area contributed by atoms with E-state index in [4.69, 9.17) is 21.6 Å². The van der Waals surface area contributed by atoms with E-state index in [1.807, 2.05) is 32.0 Å². The molecule has 4 aliphatic heterocycles. The molecular formula is C41H44ClN9O6. The van der Waals surface area contributed by atoms with Crippen LogP contribution in [0.25, 0.3) is 0 Å². The number of imide groups is 2. The van der Waals surface area contributed by atoms with Gasteiger partial charge in [0, 0.05) is 75.8 Å². The molecule has 0 spiro atoms. The van der Waals surface area contributed by atoms with Crippen LogP contribution in [-0.4, -0.2) is 107 Å². The van der Waals surface area contributed by atoms with Crippen LogP contribution in [0.2, 0.25) is 5.02 Å². The summed E-state index contributed by atoms with van der Waals surface area (Å²) in [6, 6.07) is 15.1. The lowest BCUT2D eigenvalue weighted by atomic mass is 9.63. The predicted octanol–water partition coefficient (Wildman–Crippen LogP) is 3.73. The van der Waals surface area contributed by atoms with Crippen molar-refractivity contribution in [3.63, 3.8) is 0 Å². The minimum atomic E-state index is -0.979. The Hall–Kier alpha value is -5.59. The van der Waals surface area contributed by atoms with E-state index < -0.39 is 29.7 Å². The molecule has 1 saturated carbocycles. The van der Waals surface area contributed by atoms with Gasteiger partial charge < -0.3 is 19.9 Å². The second-order valence-electron chi connectivity index (χ2n) is 15.7. The van der Waals surface area contributed by atoms with E-state index in [2.05, 4.69) is 35.5 Å². The maximum Gasteiger partial charge on any atom is 0.262 e. The molecule has 3 aromatic rings. The maximum absolute atomic E-state index is 13.3. The number of hydrogen-bond acceptors (Lipinski definition) is 12. The summed E-state index contributed by atoms with van der Waals surface area (Å²) in [7, 11) is 0. The number of hydrogen-bond donors (Lipinski definition) is 2. The number of nitrogens with zero attached hydrogens (tertiary/aromatic N) is 7. The fourth-order valence-electron chi connectivity index (χ4n) is 9.05. The number of nitrogens with one attached hydrogen (secondary N) is 2. The highest BCUT2D eigenvalue weighted by atomic mass is 35.5. The summed E-state index contributed by atoms with van der Waals surface area (Å²) in [6.45, 7) is 10.0. The fourth-order valence-corrected chi connectivity index (χ4v) is 9.27. The third kappa shape index (κ3) is 7.51. The van der Waals surface area contributed by atoms with Gasteiger partial charge >= 0.3 is 0 Å². The van der Waals surface area contributed by atoms with Gasteiger partial charge in [-0.25, -0.2) is 0 Å². The van der Waals surface area contributed by atoms with Gasteiger partial charge in [-0.3, -0.25) is 39.1 Å². The summed E-state index contributed by atoms with van der Waals surface area (Å²) in [5.41, 5.74) is 1.84. The van der Waals surface area contributed by atoms with Gasteiger partial charge in [0.05, 0.1) is 27.6 Å². The lowest BCUT2D eigenvalue weighted by Gasteiger charge is -2.47. The van der Waals surface area contributed by atoms with Crippen LogP contribution in [0.3, 0.4) is 0 Å². The zero-order chi connectivity index (χ0) is 40.0. The molecule has 296 valence electrons. The standard InChI is InChI=1S/C41H44ClN9O6/c1-23-36(24(2)37(23)57-28-5-3-26(21-43)31(42)20-28)39(54)44-33-8-9-34(47-46-33)50-13-11-25(12-14-50)22-48-15-17-49(18-16-48)27-4-6-29-30(19-27)41(56)51(40(29)55)32-7-10-35(52)45-38(32)53/h3-6,8-9,19-20,23-25,32,36-37H,7,10-18,22H2,1-2H3,(H,44,46,54)(H,45,52,53). The molecule has 5 aliphatic rings. The molecule has 3 unspecified atom stereocenters. The van der Waals surface area contributed by atoms with E-state index in [1.165, 1.54) is 0 Å². The Bertz CT molecular complexity index is 2130. The molecule has 2 aromatic carbocycles. The van der Waals surface area contributed by atoms with Crippen LogP contribution in [0, 0.1) is 35.0 Å². The molecule has 15 nitrogen and oxygen atoms in total. The molecule has 3 atom stereocenters. The van der Waals surface area contributed by atoms with Crippen LogP contribution in [0.5, 0.6) is 5.75 Å². The molecule has 3 saturated heterocycles. The van der Waals surface area contributed by atoms with Gasteiger partial charge in [0.15, 0.2) is 11.6 Å². The quantitative estimate of drug-likeness (QED) is 0.300. The van der Waals surface area contributed by atoms with Crippen LogP contribution in [0.15, 0.2) is 48.5 Å². The number of ether oxygens (including phenoxy) is 1. The van der Waals surface area contributed by atoms with Gasteiger partial charge in [0.2, 0.25) is 17.7 Å². The van der Waals surface area contributed by atoms with E-state index >= 15 is 0 Å². The summed E-state index contributed by atoms with van der Waals surface area (Å²) < 4.78 is 6.13. The summed E-state index contributed by atoms with van der Waals surface area (Å²) in [4.78, 5) is 71.6. The van der Waals surface area contributed by atoms with Crippen LogP contribution in [0.1, 0.15) is 65.8 Å². The van der Waals surface area contributed by atoms with Crippen LogP contribution in [0.4, 0.5) is 17.3 Å². The number of aromatic nitrogens is 2. The molecule has 4 fully saturated rings. The molecule has 8 rings (SSSR count). The molecule has 5 amide bonds. The second kappa shape index (κ2) is 15.7. The average molecular weight is 794 g/mol. The maximum atomic E-state index is 13.3. The Morgan fingerprint density at radius 2 is 1.63 bits per heavy atom. The zero-order valence-corrected chi connectivity index (χ0v) is 32.6. The Labute approximate surface area is 335 Å². The number of anilines is 3. The van der Waals surface area contributed by atoms with Crippen molar-refractivity contribution < 1.29 is 28.7 Å². The number of carbonyl (C=O) groups is 5. The molecule has 1 aliphatic carbocycles. The summed E-state index contributed by atoms with van der Waals surface area (Å²) >= 11 is 6.17. The first-order chi connectivity index (χ1) is 27.5. The van der Waals surface area contributed by atoms with Gasteiger partial charge in [0.1, 0.15) is 24.0 Å². The van der Waals surface area contributed by atoms with E-state index in [9.17, 15) is 24.0 Å². The molecule has 1 aromatic heterocycles. The smallest absolute Gasteiger partial charge is 0.262 e. The van der Waals surface area contributed by atoms with Crippen LogP contribution < -0.4 is 25.2 Å². The Balaban J connectivity index is 0.771. The topological polar surface area (TPSA) is 181 Å². The van der Waals surface area contributed by atoms with E-state index in [-0.39, 0.29) is 48.2 Å². The number of piperidine rings is 2. The normalized spacial score (nSPS) is 25.4. The fraction of sp³-hybridized carbons (Fsp3) is 0.463. The van der Waals surface area contributed by atoms with E-state index in [1.54, 1.807) is 36.4 Å². The van der Waals surface area contributed by atoms with E-state index in [0.717, 1.165) is 75.1 Å². The largest absolute Gasteiger partial charge is 0.490 e. The van der Waals surface area contributed by atoms with Gasteiger partial charge in [-0.15, -0.1) is 10.2 Å². The SMILES string of the molecule is CC1C(Oc2ccc(C#N)c(Cl)c2)C(C)C1C(=O)Nc1ccc(N2CCC(CN3CCN(c4ccc5c(c4)C(=O)N(C4CCC(=O)NC4=O)C5=O)CC3)CC2)nn1. The highest BCUT2D eigenvalue weighted by Crippen LogP contribution is 2.44. The first-order valence-electron chi connectivity index (χ1n) is 19.6. The van der Waals surface area contributed by atoms with Crippen molar-refractivity contribution in [2.75, 3.05) is 60.9 Å². The first-order valence-corrected chi connectivity index (χ1v) is 20.0. The van der Waals surface area contributed by atoms with Crippen LogP contribution >= 0.6 is 11.6 Å². The Morgan fingerprint density at radius 1 is 0.895 bits per heavy atom. The predicted molar refractivity (Wildman–Crippen MR) is 210 cm³/mol. The van der Waals surface area contributed by atoms with Crippen molar-refractivity contribution in [1.29, 1.82) is 5.26 Å². The number of benzene rings is 2.